The number of nitrogens with zero attached hydrogens (tertiary/aromatic N) is 1. The number of carboxylic acids is 1. The molecule has 138 valence electrons. The minimum Gasteiger partial charge on any atom is -0.478 e. The molecule has 0 atom stereocenters. The minimum atomic E-state index is -3.91. The first-order chi connectivity index (χ1) is 11.9. The summed E-state index contributed by atoms with van der Waals surface area (Å²) in [5.74, 6) is -1.65. The number of amides is 1. The Morgan fingerprint density at radius 1 is 1.28 bits per heavy atom. The molecule has 1 fully saturated rings. The number of piperidine rings is 1. The Labute approximate surface area is 146 Å². The summed E-state index contributed by atoms with van der Waals surface area (Å²) in [6, 6.07) is 5.54. The van der Waals surface area contributed by atoms with Crippen LogP contribution in [0.15, 0.2) is 29.2 Å². The van der Waals surface area contributed by atoms with Crippen molar-refractivity contribution in [2.24, 2.45) is 5.92 Å². The fourth-order valence-electron chi connectivity index (χ4n) is 2.79. The Hall–Kier alpha value is -1.97. The van der Waals surface area contributed by atoms with Crippen molar-refractivity contribution in [3.8, 4) is 0 Å². The van der Waals surface area contributed by atoms with Crippen LogP contribution < -0.4 is 5.32 Å². The zero-order valence-electron chi connectivity index (χ0n) is 14.0. The zero-order chi connectivity index (χ0) is 18.4. The maximum atomic E-state index is 12.7. The van der Waals surface area contributed by atoms with Gasteiger partial charge in [-0.3, -0.25) is 4.79 Å². The normalized spacial score (nSPS) is 16.5. The molecular formula is C16H22N2O6S. The Morgan fingerprint density at radius 2 is 1.92 bits per heavy atom. The van der Waals surface area contributed by atoms with Crippen LogP contribution in [0.1, 0.15) is 23.2 Å². The van der Waals surface area contributed by atoms with E-state index in [1.54, 1.807) is 7.11 Å². The monoisotopic (exact) mass is 370 g/mol. The molecule has 1 aromatic rings. The van der Waals surface area contributed by atoms with Crippen molar-refractivity contribution in [1.29, 1.82) is 0 Å². The molecule has 0 spiro atoms. The quantitative estimate of drug-likeness (QED) is 0.678. The van der Waals surface area contributed by atoms with E-state index in [1.807, 2.05) is 0 Å². The van der Waals surface area contributed by atoms with Crippen LogP contribution in [0.4, 0.5) is 0 Å². The van der Waals surface area contributed by atoms with Crippen molar-refractivity contribution in [3.05, 3.63) is 29.8 Å². The number of hydrogen-bond acceptors (Lipinski definition) is 5. The van der Waals surface area contributed by atoms with Crippen molar-refractivity contribution in [1.82, 2.24) is 9.62 Å². The van der Waals surface area contributed by atoms with Crippen molar-refractivity contribution >= 4 is 21.9 Å². The van der Waals surface area contributed by atoms with Crippen LogP contribution in [0.25, 0.3) is 0 Å². The summed E-state index contributed by atoms with van der Waals surface area (Å²) in [5, 5.41) is 12.0. The third-order valence-electron chi connectivity index (χ3n) is 4.17. The molecule has 2 rings (SSSR count). The number of carbonyl (C=O) groups excluding carboxylic acids is 1. The van der Waals surface area contributed by atoms with Gasteiger partial charge in [0.25, 0.3) is 0 Å². The van der Waals surface area contributed by atoms with E-state index in [-0.39, 0.29) is 35.4 Å². The average Bonchev–Trinajstić information content (AvgIpc) is 2.62. The van der Waals surface area contributed by atoms with E-state index in [2.05, 4.69) is 5.32 Å². The van der Waals surface area contributed by atoms with Gasteiger partial charge in [0.15, 0.2) is 0 Å². The molecule has 1 aliphatic rings. The van der Waals surface area contributed by atoms with Crippen LogP contribution in [-0.4, -0.2) is 63.1 Å². The first-order valence-corrected chi connectivity index (χ1v) is 9.41. The van der Waals surface area contributed by atoms with E-state index in [0.717, 1.165) is 0 Å². The summed E-state index contributed by atoms with van der Waals surface area (Å²) in [4.78, 5) is 23.1. The van der Waals surface area contributed by atoms with Crippen molar-refractivity contribution in [3.63, 3.8) is 0 Å². The highest BCUT2D eigenvalue weighted by molar-refractivity contribution is 7.89. The van der Waals surface area contributed by atoms with Gasteiger partial charge >= 0.3 is 5.97 Å². The first kappa shape index (κ1) is 19.4. The summed E-state index contributed by atoms with van der Waals surface area (Å²) in [7, 11) is -2.36. The van der Waals surface area contributed by atoms with E-state index < -0.39 is 16.0 Å². The fourth-order valence-corrected chi connectivity index (χ4v) is 4.44. The first-order valence-electron chi connectivity index (χ1n) is 7.97. The standard InChI is InChI=1S/C16H22N2O6S/c1-24-11-8-17-15(19)12-6-9-18(10-7-12)25(22,23)14-5-3-2-4-13(14)16(20)21/h2-5,12H,6-11H2,1H3,(H,17,19)(H,20,21). The molecule has 0 bridgehead atoms. The molecule has 0 aromatic heterocycles. The van der Waals surface area contributed by atoms with Gasteiger partial charge in [-0.1, -0.05) is 12.1 Å². The molecule has 1 amide bonds. The maximum Gasteiger partial charge on any atom is 0.337 e. The maximum absolute atomic E-state index is 12.7. The van der Waals surface area contributed by atoms with Gasteiger partial charge in [-0.15, -0.1) is 0 Å². The number of aromatic carboxylic acids is 1. The number of ether oxygens (including phenoxy) is 1. The topological polar surface area (TPSA) is 113 Å². The highest BCUT2D eigenvalue weighted by Gasteiger charge is 2.33. The molecule has 1 saturated heterocycles. The molecule has 25 heavy (non-hydrogen) atoms. The lowest BCUT2D eigenvalue weighted by Crippen LogP contribution is -2.43. The van der Waals surface area contributed by atoms with Crippen LogP contribution in [0, 0.1) is 5.92 Å². The van der Waals surface area contributed by atoms with Crippen molar-refractivity contribution in [2.45, 2.75) is 17.7 Å². The zero-order valence-corrected chi connectivity index (χ0v) is 14.8. The molecule has 8 nitrogen and oxygen atoms in total. The molecule has 0 saturated carbocycles. The van der Waals surface area contributed by atoms with Gasteiger partial charge in [0.2, 0.25) is 15.9 Å². The number of benzene rings is 1. The van der Waals surface area contributed by atoms with Gasteiger partial charge < -0.3 is 15.2 Å². The lowest BCUT2D eigenvalue weighted by molar-refractivity contribution is -0.126. The summed E-state index contributed by atoms with van der Waals surface area (Å²) < 4.78 is 31.6. The average molecular weight is 370 g/mol. The second-order valence-corrected chi connectivity index (χ2v) is 7.67. The number of sulfonamides is 1. The van der Waals surface area contributed by atoms with E-state index >= 15 is 0 Å². The van der Waals surface area contributed by atoms with Gasteiger partial charge in [0.05, 0.1) is 17.1 Å². The summed E-state index contributed by atoms with van der Waals surface area (Å²) in [6.45, 7) is 1.20. The SMILES string of the molecule is COCCNC(=O)C1CCN(S(=O)(=O)c2ccccc2C(=O)O)CC1. The van der Waals surface area contributed by atoms with E-state index in [4.69, 9.17) is 4.74 Å². The number of hydrogen-bond donors (Lipinski definition) is 2. The predicted octanol–water partition coefficient (Wildman–Crippen LogP) is 0.548. The Balaban J connectivity index is 2.05. The molecule has 2 N–H and O–H groups in total. The lowest BCUT2D eigenvalue weighted by Gasteiger charge is -2.30. The molecular weight excluding hydrogens is 348 g/mol. The van der Waals surface area contributed by atoms with Crippen LogP contribution in [0.3, 0.4) is 0 Å². The predicted molar refractivity (Wildman–Crippen MR) is 89.8 cm³/mol. The van der Waals surface area contributed by atoms with E-state index in [0.29, 0.717) is 26.0 Å². The van der Waals surface area contributed by atoms with Gasteiger partial charge in [-0.2, -0.15) is 4.31 Å². The van der Waals surface area contributed by atoms with Gasteiger partial charge in [0, 0.05) is 32.7 Å². The number of rotatable bonds is 7. The number of methoxy groups -OCH3 is 1. The number of nitrogens with one attached hydrogen (secondary N) is 1. The van der Waals surface area contributed by atoms with Crippen LogP contribution in [-0.2, 0) is 19.6 Å². The van der Waals surface area contributed by atoms with Crippen LogP contribution >= 0.6 is 0 Å². The van der Waals surface area contributed by atoms with E-state index in [9.17, 15) is 23.1 Å². The minimum absolute atomic E-state index is 0.111. The second kappa shape index (κ2) is 8.41. The fraction of sp³-hybridized carbons (Fsp3) is 0.500. The molecule has 9 heteroatoms. The van der Waals surface area contributed by atoms with Gasteiger partial charge in [-0.05, 0) is 25.0 Å². The van der Waals surface area contributed by atoms with E-state index in [1.165, 1.54) is 28.6 Å². The largest absolute Gasteiger partial charge is 0.478 e. The van der Waals surface area contributed by atoms with Crippen molar-refractivity contribution < 1.29 is 27.9 Å². The highest BCUT2D eigenvalue weighted by atomic mass is 32.2. The molecule has 1 heterocycles. The van der Waals surface area contributed by atoms with Gasteiger partial charge in [0.1, 0.15) is 0 Å². The van der Waals surface area contributed by atoms with Gasteiger partial charge in [-0.25, -0.2) is 13.2 Å². The highest BCUT2D eigenvalue weighted by Crippen LogP contribution is 2.26. The summed E-state index contributed by atoms with van der Waals surface area (Å²) >= 11 is 0. The molecule has 1 aliphatic heterocycles. The van der Waals surface area contributed by atoms with Crippen molar-refractivity contribution in [2.75, 3.05) is 33.4 Å². The summed E-state index contributed by atoms with van der Waals surface area (Å²) in [6.07, 6.45) is 0.792. The summed E-state index contributed by atoms with van der Waals surface area (Å²) in [5.41, 5.74) is -0.248. The smallest absolute Gasteiger partial charge is 0.337 e. The number of carbonyl (C=O) groups is 2. The second-order valence-electron chi connectivity index (χ2n) is 5.76. The molecule has 0 unspecified atom stereocenters. The molecule has 1 aromatic carbocycles. The Bertz CT molecular complexity index is 726. The number of carboxylic acid groups (broad SMARTS) is 1. The lowest BCUT2D eigenvalue weighted by atomic mass is 9.97. The molecule has 0 radical (unpaired) electrons. The Morgan fingerprint density at radius 3 is 2.52 bits per heavy atom. The third kappa shape index (κ3) is 4.56. The molecule has 0 aliphatic carbocycles. The third-order valence-corrected chi connectivity index (χ3v) is 6.12. The van der Waals surface area contributed by atoms with Crippen LogP contribution in [0.2, 0.25) is 0 Å². The van der Waals surface area contributed by atoms with Crippen LogP contribution in [0.5, 0.6) is 0 Å². The Kier molecular flexibility index (Phi) is 6.51.